The number of aryl methyl sites for hydroxylation is 1. The molecule has 1 fully saturated rings. The summed E-state index contributed by atoms with van der Waals surface area (Å²) in [7, 11) is 0. The van der Waals surface area contributed by atoms with Crippen LogP contribution in [0.15, 0.2) is 48.5 Å². The lowest BCUT2D eigenvalue weighted by Gasteiger charge is -2.27. The second-order valence-corrected chi connectivity index (χ2v) is 6.38. The maximum Gasteiger partial charge on any atom is 0.161 e. The molecule has 2 heteroatoms. The summed E-state index contributed by atoms with van der Waals surface area (Å²) in [4.78, 5) is 0. The van der Waals surface area contributed by atoms with Crippen LogP contribution in [0.4, 0.5) is 0 Å². The van der Waals surface area contributed by atoms with Gasteiger partial charge in [-0.1, -0.05) is 61.0 Å². The lowest BCUT2D eigenvalue weighted by Crippen LogP contribution is -2.31. The predicted molar refractivity (Wildman–Crippen MR) is 89.0 cm³/mol. The predicted octanol–water partition coefficient (Wildman–Crippen LogP) is 4.14. The van der Waals surface area contributed by atoms with Crippen molar-refractivity contribution in [3.63, 3.8) is 0 Å². The maximum atomic E-state index is 5.71. The molecule has 2 aromatic carbocycles. The number of hydrogen-bond donors (Lipinski definition) is 0. The van der Waals surface area contributed by atoms with E-state index in [0.29, 0.717) is 5.92 Å². The van der Waals surface area contributed by atoms with Crippen LogP contribution in [0.5, 0.6) is 0 Å². The Balaban J connectivity index is 1.57. The third-order valence-corrected chi connectivity index (χ3v) is 4.09. The molecule has 1 aliphatic rings. The first kappa shape index (κ1) is 15.3. The first-order valence-electron chi connectivity index (χ1n) is 8.05. The fourth-order valence-electron chi connectivity index (χ4n) is 2.68. The molecule has 0 aromatic heterocycles. The number of rotatable bonds is 4. The quantitative estimate of drug-likeness (QED) is 0.844. The van der Waals surface area contributed by atoms with Crippen molar-refractivity contribution in [1.29, 1.82) is 0 Å². The van der Waals surface area contributed by atoms with E-state index in [1.165, 1.54) is 22.3 Å². The Morgan fingerprint density at radius 2 is 1.32 bits per heavy atom. The first-order chi connectivity index (χ1) is 10.7. The van der Waals surface area contributed by atoms with Crippen LogP contribution in [-0.4, -0.2) is 19.5 Å². The van der Waals surface area contributed by atoms with E-state index in [1.54, 1.807) is 0 Å². The molecule has 2 nitrogen and oxygen atoms in total. The minimum absolute atomic E-state index is 0.0841. The van der Waals surface area contributed by atoms with E-state index in [2.05, 4.69) is 62.4 Å². The molecule has 0 amide bonds. The van der Waals surface area contributed by atoms with Gasteiger partial charge in [-0.2, -0.15) is 0 Å². The lowest BCUT2D eigenvalue weighted by molar-refractivity contribution is -0.196. The van der Waals surface area contributed by atoms with E-state index in [0.717, 1.165) is 26.1 Å². The molecular formula is C20H24O2. The van der Waals surface area contributed by atoms with Crippen molar-refractivity contribution >= 4 is 0 Å². The molecule has 1 heterocycles. The summed E-state index contributed by atoms with van der Waals surface area (Å²) in [6.07, 6.45) is 1.73. The van der Waals surface area contributed by atoms with Crippen molar-refractivity contribution in [1.82, 2.24) is 0 Å². The zero-order valence-corrected chi connectivity index (χ0v) is 13.4. The molecule has 0 aliphatic carbocycles. The Kier molecular flexibility index (Phi) is 4.91. The van der Waals surface area contributed by atoms with Crippen LogP contribution in [0.2, 0.25) is 0 Å². The van der Waals surface area contributed by atoms with Crippen LogP contribution in [0.1, 0.15) is 29.2 Å². The highest BCUT2D eigenvalue weighted by Gasteiger charge is 2.19. The van der Waals surface area contributed by atoms with Crippen LogP contribution in [0, 0.1) is 12.8 Å². The van der Waals surface area contributed by atoms with E-state index >= 15 is 0 Å². The maximum absolute atomic E-state index is 5.71. The van der Waals surface area contributed by atoms with Gasteiger partial charge in [0.05, 0.1) is 13.2 Å². The number of hydrogen-bond acceptors (Lipinski definition) is 2. The summed E-state index contributed by atoms with van der Waals surface area (Å²) in [6, 6.07) is 17.5. The van der Waals surface area contributed by atoms with Crippen LogP contribution < -0.4 is 0 Å². The molecule has 0 N–H and O–H groups in total. The van der Waals surface area contributed by atoms with Gasteiger partial charge in [0.2, 0.25) is 0 Å². The average molecular weight is 296 g/mol. The average Bonchev–Trinajstić information content (AvgIpc) is 2.54. The second kappa shape index (κ2) is 7.08. The van der Waals surface area contributed by atoms with Crippen molar-refractivity contribution in [2.24, 2.45) is 5.92 Å². The molecule has 1 aliphatic heterocycles. The molecule has 0 unspecified atom stereocenters. The highest BCUT2D eigenvalue weighted by atomic mass is 16.7. The molecule has 0 bridgehead atoms. The van der Waals surface area contributed by atoms with E-state index < -0.39 is 0 Å². The summed E-state index contributed by atoms with van der Waals surface area (Å²) in [5, 5.41) is 0. The highest BCUT2D eigenvalue weighted by Crippen LogP contribution is 2.17. The van der Waals surface area contributed by atoms with Gasteiger partial charge < -0.3 is 9.47 Å². The molecule has 22 heavy (non-hydrogen) atoms. The highest BCUT2D eigenvalue weighted by molar-refractivity contribution is 5.30. The van der Waals surface area contributed by atoms with Crippen LogP contribution >= 0.6 is 0 Å². The molecule has 3 rings (SSSR count). The smallest absolute Gasteiger partial charge is 0.161 e. The van der Waals surface area contributed by atoms with E-state index in [4.69, 9.17) is 9.47 Å². The van der Waals surface area contributed by atoms with E-state index in [-0.39, 0.29) is 6.29 Å². The summed E-state index contributed by atoms with van der Waals surface area (Å²) < 4.78 is 11.4. The van der Waals surface area contributed by atoms with Crippen molar-refractivity contribution < 1.29 is 9.47 Å². The van der Waals surface area contributed by atoms with E-state index in [1.807, 2.05) is 0 Å². The standard InChI is InChI=1S/C20H24O2/c1-15-3-5-17(6-4-15)11-18-7-9-19(10-8-18)12-20-21-13-16(2)14-22-20/h3-10,16,20H,11-14H2,1-2H3. The minimum Gasteiger partial charge on any atom is -0.352 e. The van der Waals surface area contributed by atoms with Gasteiger partial charge in [-0.15, -0.1) is 0 Å². The van der Waals surface area contributed by atoms with Crippen LogP contribution in [-0.2, 0) is 22.3 Å². The van der Waals surface area contributed by atoms with Crippen molar-refractivity contribution in [2.45, 2.75) is 33.0 Å². The number of ether oxygens (including phenoxy) is 2. The van der Waals surface area contributed by atoms with Crippen molar-refractivity contribution in [3.05, 3.63) is 70.8 Å². The number of benzene rings is 2. The van der Waals surface area contributed by atoms with Crippen molar-refractivity contribution in [3.8, 4) is 0 Å². The molecule has 0 saturated carbocycles. The van der Waals surface area contributed by atoms with Gasteiger partial charge in [-0.05, 0) is 30.0 Å². The Labute approximate surface area is 133 Å². The van der Waals surface area contributed by atoms with Gasteiger partial charge in [-0.3, -0.25) is 0 Å². The normalized spacial score (nSPS) is 21.7. The van der Waals surface area contributed by atoms with Gasteiger partial charge in [0, 0.05) is 12.3 Å². The summed E-state index contributed by atoms with van der Waals surface area (Å²) in [6.45, 7) is 5.87. The molecular weight excluding hydrogens is 272 g/mol. The fourth-order valence-corrected chi connectivity index (χ4v) is 2.68. The van der Waals surface area contributed by atoms with Gasteiger partial charge in [0.25, 0.3) is 0 Å². The SMILES string of the molecule is Cc1ccc(Cc2ccc(CC3OCC(C)CO3)cc2)cc1. The molecule has 0 radical (unpaired) electrons. The van der Waals surface area contributed by atoms with Gasteiger partial charge in [0.1, 0.15) is 0 Å². The zero-order valence-electron chi connectivity index (χ0n) is 13.4. The first-order valence-corrected chi connectivity index (χ1v) is 8.05. The lowest BCUT2D eigenvalue weighted by atomic mass is 10.0. The van der Waals surface area contributed by atoms with Gasteiger partial charge in [0.15, 0.2) is 6.29 Å². The Morgan fingerprint density at radius 3 is 1.91 bits per heavy atom. The fraction of sp³-hybridized carbons (Fsp3) is 0.400. The van der Waals surface area contributed by atoms with Gasteiger partial charge in [-0.25, -0.2) is 0 Å². The summed E-state index contributed by atoms with van der Waals surface area (Å²) in [5.41, 5.74) is 5.27. The molecule has 116 valence electrons. The topological polar surface area (TPSA) is 18.5 Å². The summed E-state index contributed by atoms with van der Waals surface area (Å²) >= 11 is 0. The van der Waals surface area contributed by atoms with Gasteiger partial charge >= 0.3 is 0 Å². The molecule has 0 atom stereocenters. The van der Waals surface area contributed by atoms with Crippen molar-refractivity contribution in [2.75, 3.05) is 13.2 Å². The van der Waals surface area contributed by atoms with Crippen LogP contribution in [0.3, 0.4) is 0 Å². The molecule has 0 spiro atoms. The van der Waals surface area contributed by atoms with E-state index in [9.17, 15) is 0 Å². The largest absolute Gasteiger partial charge is 0.352 e. The molecule has 1 saturated heterocycles. The third-order valence-electron chi connectivity index (χ3n) is 4.09. The van der Waals surface area contributed by atoms with Crippen LogP contribution in [0.25, 0.3) is 0 Å². The minimum atomic E-state index is -0.0841. The Morgan fingerprint density at radius 1 is 0.818 bits per heavy atom. The monoisotopic (exact) mass is 296 g/mol. The molecule has 2 aromatic rings. The third kappa shape index (κ3) is 4.19. The Bertz CT molecular complexity index is 578. The Hall–Kier alpha value is -1.64. The summed E-state index contributed by atoms with van der Waals surface area (Å²) in [5.74, 6) is 0.508. The second-order valence-electron chi connectivity index (χ2n) is 6.38. The zero-order chi connectivity index (χ0) is 15.4.